The van der Waals surface area contributed by atoms with Crippen LogP contribution >= 0.6 is 0 Å². The molecule has 0 aliphatic rings. The van der Waals surface area contributed by atoms with E-state index in [0.717, 1.165) is 11.1 Å². The van der Waals surface area contributed by atoms with Gasteiger partial charge < -0.3 is 10.5 Å². The molecule has 1 unspecified atom stereocenters. The predicted molar refractivity (Wildman–Crippen MR) is 72.2 cm³/mol. The summed E-state index contributed by atoms with van der Waals surface area (Å²) in [6.07, 6.45) is -4.58. The third kappa shape index (κ3) is 4.15. The molecule has 0 heterocycles. The van der Waals surface area contributed by atoms with Crippen molar-refractivity contribution in [1.29, 1.82) is 5.41 Å². The van der Waals surface area contributed by atoms with E-state index < -0.39 is 24.5 Å². The summed E-state index contributed by atoms with van der Waals surface area (Å²) in [5.74, 6) is -2.47. The van der Waals surface area contributed by atoms with Crippen LogP contribution in [-0.2, 0) is 0 Å². The molecule has 0 amide bonds. The zero-order valence-electron chi connectivity index (χ0n) is 11.7. The van der Waals surface area contributed by atoms with E-state index in [-0.39, 0.29) is 5.92 Å². The monoisotopic (exact) mass is 288 g/mol. The molecule has 1 atom stereocenters. The van der Waals surface area contributed by atoms with E-state index in [1.165, 1.54) is 0 Å². The van der Waals surface area contributed by atoms with Gasteiger partial charge in [0.25, 0.3) is 0 Å². The van der Waals surface area contributed by atoms with Gasteiger partial charge in [-0.3, -0.25) is 5.41 Å². The fourth-order valence-corrected chi connectivity index (χ4v) is 1.78. The quantitative estimate of drug-likeness (QED) is 0.642. The van der Waals surface area contributed by atoms with Crippen LogP contribution in [0.4, 0.5) is 13.2 Å². The van der Waals surface area contributed by atoms with Gasteiger partial charge in [0.1, 0.15) is 24.1 Å². The minimum absolute atomic E-state index is 0.132. The molecule has 1 rings (SSSR count). The van der Waals surface area contributed by atoms with Crippen molar-refractivity contribution in [3.8, 4) is 5.75 Å². The smallest absolute Gasteiger partial charge is 0.401 e. The number of nitrogens with one attached hydrogen (secondary N) is 1. The zero-order valence-corrected chi connectivity index (χ0v) is 11.7. The van der Waals surface area contributed by atoms with Gasteiger partial charge >= 0.3 is 6.18 Å². The lowest BCUT2D eigenvalue weighted by molar-refractivity contribution is -0.162. The van der Waals surface area contributed by atoms with E-state index in [1.807, 2.05) is 32.9 Å². The summed E-state index contributed by atoms with van der Waals surface area (Å²) in [5.41, 5.74) is 6.73. The van der Waals surface area contributed by atoms with Crippen LogP contribution in [0.3, 0.4) is 0 Å². The number of hydrogen-bond acceptors (Lipinski definition) is 2. The van der Waals surface area contributed by atoms with Gasteiger partial charge in [-0.15, -0.1) is 0 Å². The lowest BCUT2D eigenvalue weighted by Gasteiger charge is -2.21. The van der Waals surface area contributed by atoms with Gasteiger partial charge in [0.2, 0.25) is 0 Å². The van der Waals surface area contributed by atoms with E-state index in [2.05, 4.69) is 0 Å². The molecule has 6 heteroatoms. The Balaban J connectivity index is 2.93. The van der Waals surface area contributed by atoms with Crippen LogP contribution in [0.2, 0.25) is 0 Å². The average Bonchev–Trinajstić information content (AvgIpc) is 2.26. The highest BCUT2D eigenvalue weighted by atomic mass is 19.4. The van der Waals surface area contributed by atoms with Crippen LogP contribution in [0, 0.1) is 18.3 Å². The molecule has 3 nitrogen and oxygen atoms in total. The molecule has 3 N–H and O–H groups in total. The molecule has 0 aliphatic carbocycles. The largest absolute Gasteiger partial charge is 0.492 e. The van der Waals surface area contributed by atoms with Crippen LogP contribution in [0.5, 0.6) is 5.75 Å². The molecule has 0 aromatic heterocycles. The minimum atomic E-state index is -4.58. The highest BCUT2D eigenvalue weighted by Gasteiger charge is 2.42. The first kappa shape index (κ1) is 16.3. The summed E-state index contributed by atoms with van der Waals surface area (Å²) in [5, 5.41) is 7.03. The Morgan fingerprint density at radius 2 is 1.95 bits per heavy atom. The molecule has 0 aliphatic heterocycles. The van der Waals surface area contributed by atoms with E-state index >= 15 is 0 Å². The fraction of sp³-hybridized carbons (Fsp3) is 0.500. The lowest BCUT2D eigenvalue weighted by atomic mass is 10.0. The van der Waals surface area contributed by atoms with E-state index in [4.69, 9.17) is 15.9 Å². The number of hydrogen-bond donors (Lipinski definition) is 2. The highest BCUT2D eigenvalue weighted by Crippen LogP contribution is 2.30. The summed E-state index contributed by atoms with van der Waals surface area (Å²) < 4.78 is 43.4. The van der Waals surface area contributed by atoms with Crippen LogP contribution in [0.15, 0.2) is 18.2 Å². The van der Waals surface area contributed by atoms with E-state index in [9.17, 15) is 13.2 Å². The number of ether oxygens (including phenoxy) is 1. The topological polar surface area (TPSA) is 59.1 Å². The third-order valence-corrected chi connectivity index (χ3v) is 2.97. The van der Waals surface area contributed by atoms with E-state index in [1.54, 1.807) is 6.07 Å². The molecule has 0 bridgehead atoms. The molecule has 0 fully saturated rings. The maximum absolute atomic E-state index is 12.7. The highest BCUT2D eigenvalue weighted by molar-refractivity contribution is 5.80. The molecular weight excluding hydrogens is 269 g/mol. The lowest BCUT2D eigenvalue weighted by Crippen LogP contribution is -2.39. The molecule has 20 heavy (non-hydrogen) atoms. The van der Waals surface area contributed by atoms with Gasteiger partial charge in [-0.05, 0) is 30.0 Å². The van der Waals surface area contributed by atoms with Crippen LogP contribution < -0.4 is 10.5 Å². The number of nitrogens with two attached hydrogens (primary N) is 1. The fourth-order valence-electron chi connectivity index (χ4n) is 1.78. The molecule has 0 saturated heterocycles. The number of halogens is 3. The molecular formula is C14H19F3N2O. The first-order chi connectivity index (χ1) is 9.12. The predicted octanol–water partition coefficient (Wildman–Crippen LogP) is 3.61. The van der Waals surface area contributed by atoms with Crippen LogP contribution in [0.1, 0.15) is 30.9 Å². The van der Waals surface area contributed by atoms with Crippen molar-refractivity contribution in [1.82, 2.24) is 0 Å². The van der Waals surface area contributed by atoms with Gasteiger partial charge in [-0.1, -0.05) is 26.0 Å². The van der Waals surface area contributed by atoms with Crippen molar-refractivity contribution in [2.75, 3.05) is 6.61 Å². The molecule has 112 valence electrons. The number of rotatable bonds is 5. The molecule has 1 aromatic rings. The van der Waals surface area contributed by atoms with Gasteiger partial charge in [0.05, 0.1) is 0 Å². The van der Waals surface area contributed by atoms with Crippen LogP contribution in [-0.4, -0.2) is 18.6 Å². The van der Waals surface area contributed by atoms with Crippen LogP contribution in [0.25, 0.3) is 0 Å². The second-order valence-corrected chi connectivity index (χ2v) is 5.06. The number of amidine groups is 1. The summed E-state index contributed by atoms with van der Waals surface area (Å²) in [6, 6.07) is 5.42. The zero-order chi connectivity index (χ0) is 15.5. The Bertz CT molecular complexity index is 484. The van der Waals surface area contributed by atoms with Gasteiger partial charge in [0, 0.05) is 0 Å². The first-order valence-corrected chi connectivity index (χ1v) is 6.27. The van der Waals surface area contributed by atoms with Crippen molar-refractivity contribution in [2.45, 2.75) is 32.9 Å². The standard InChI is InChI=1S/C14H19F3N2O/c1-8(2)10-5-4-9(3)6-12(10)20-7-11(13(18)19)14(15,16)17/h4-6,8,11H,7H2,1-3H3,(H3,18,19). The van der Waals surface area contributed by atoms with Gasteiger partial charge in [0.15, 0.2) is 0 Å². The second kappa shape index (κ2) is 6.15. The van der Waals surface area contributed by atoms with Gasteiger partial charge in [-0.2, -0.15) is 13.2 Å². The van der Waals surface area contributed by atoms with Crippen molar-refractivity contribution >= 4 is 5.84 Å². The normalized spacial score (nSPS) is 13.3. The SMILES string of the molecule is Cc1ccc(C(C)C)c(OCC(C(=N)N)C(F)(F)F)c1. The van der Waals surface area contributed by atoms with Crippen molar-refractivity contribution in [3.05, 3.63) is 29.3 Å². The Morgan fingerprint density at radius 1 is 1.35 bits per heavy atom. The summed E-state index contributed by atoms with van der Waals surface area (Å²) >= 11 is 0. The summed E-state index contributed by atoms with van der Waals surface area (Å²) in [6.45, 7) is 5.03. The van der Waals surface area contributed by atoms with Crippen molar-refractivity contribution in [3.63, 3.8) is 0 Å². The number of alkyl halides is 3. The average molecular weight is 288 g/mol. The summed E-state index contributed by atoms with van der Waals surface area (Å²) in [4.78, 5) is 0. The molecule has 0 radical (unpaired) electrons. The second-order valence-electron chi connectivity index (χ2n) is 5.06. The Kier molecular flexibility index (Phi) is 5.03. The number of benzene rings is 1. The minimum Gasteiger partial charge on any atom is -0.492 e. The van der Waals surface area contributed by atoms with Gasteiger partial charge in [-0.25, -0.2) is 0 Å². The van der Waals surface area contributed by atoms with E-state index in [0.29, 0.717) is 5.75 Å². The van der Waals surface area contributed by atoms with Crippen molar-refractivity contribution in [2.24, 2.45) is 11.7 Å². The van der Waals surface area contributed by atoms with Crippen molar-refractivity contribution < 1.29 is 17.9 Å². The Morgan fingerprint density at radius 3 is 2.40 bits per heavy atom. The first-order valence-electron chi connectivity index (χ1n) is 6.27. The molecule has 1 aromatic carbocycles. The maximum Gasteiger partial charge on any atom is 0.401 e. The number of aryl methyl sites for hydroxylation is 1. The Labute approximate surface area is 116 Å². The molecule has 0 saturated carbocycles. The summed E-state index contributed by atoms with van der Waals surface area (Å²) in [7, 11) is 0. The maximum atomic E-state index is 12.7. The Hall–Kier alpha value is -1.72. The third-order valence-electron chi connectivity index (χ3n) is 2.97. The molecule has 0 spiro atoms.